The number of pyridine rings is 1. The molecule has 2 N–H and O–H groups in total. The van der Waals surface area contributed by atoms with Gasteiger partial charge in [0.15, 0.2) is 0 Å². The van der Waals surface area contributed by atoms with Crippen LogP contribution in [-0.4, -0.2) is 17.7 Å². The average Bonchev–Trinajstić information content (AvgIpc) is 2.77. The van der Waals surface area contributed by atoms with Crippen LogP contribution in [0.2, 0.25) is 0 Å². The Hall–Kier alpha value is -0.930. The highest BCUT2D eigenvalue weighted by Gasteiger charge is 2.32. The van der Waals surface area contributed by atoms with Gasteiger partial charge in [-0.15, -0.1) is 0 Å². The predicted molar refractivity (Wildman–Crippen MR) is 64.0 cm³/mol. The van der Waals surface area contributed by atoms with E-state index >= 15 is 0 Å². The van der Waals surface area contributed by atoms with E-state index in [4.69, 9.17) is 10.5 Å². The van der Waals surface area contributed by atoms with Gasteiger partial charge in [0.2, 0.25) is 0 Å². The molecule has 0 bridgehead atoms. The summed E-state index contributed by atoms with van der Waals surface area (Å²) in [5.74, 6) is 0.438. The molecule has 0 amide bonds. The van der Waals surface area contributed by atoms with E-state index in [0.717, 1.165) is 25.0 Å². The lowest BCUT2D eigenvalue weighted by Gasteiger charge is -2.24. The number of hydrogen-bond donors (Lipinski definition) is 1. The number of hydrogen-bond acceptors (Lipinski definition) is 3. The molecule has 1 aliphatic heterocycles. The van der Waals surface area contributed by atoms with Gasteiger partial charge in [-0.3, -0.25) is 4.98 Å². The van der Waals surface area contributed by atoms with E-state index in [0.29, 0.717) is 12.0 Å². The fraction of sp³-hybridized carbons (Fsp3) is 0.615. The highest BCUT2D eigenvalue weighted by Crippen LogP contribution is 2.33. The molecule has 3 nitrogen and oxygen atoms in total. The van der Waals surface area contributed by atoms with E-state index in [2.05, 4.69) is 18.8 Å². The van der Waals surface area contributed by atoms with Crippen LogP contribution >= 0.6 is 0 Å². The second-order valence-corrected chi connectivity index (χ2v) is 4.53. The summed E-state index contributed by atoms with van der Waals surface area (Å²) in [6, 6.07) is 2.08. The van der Waals surface area contributed by atoms with Crippen LogP contribution in [-0.2, 0) is 4.74 Å². The fourth-order valence-corrected chi connectivity index (χ4v) is 2.55. The van der Waals surface area contributed by atoms with Gasteiger partial charge in [0.1, 0.15) is 0 Å². The lowest BCUT2D eigenvalue weighted by atomic mass is 9.86. The van der Waals surface area contributed by atoms with Crippen molar-refractivity contribution in [3.8, 4) is 0 Å². The molecule has 1 aliphatic rings. The molecule has 3 heteroatoms. The Kier molecular flexibility index (Phi) is 3.56. The van der Waals surface area contributed by atoms with Crippen molar-refractivity contribution in [3.05, 3.63) is 29.6 Å². The molecule has 1 saturated heterocycles. The van der Waals surface area contributed by atoms with Crippen LogP contribution in [0.15, 0.2) is 18.5 Å². The van der Waals surface area contributed by atoms with Gasteiger partial charge in [0.25, 0.3) is 0 Å². The van der Waals surface area contributed by atoms with Gasteiger partial charge in [-0.05, 0) is 37.0 Å². The van der Waals surface area contributed by atoms with Crippen LogP contribution < -0.4 is 5.73 Å². The van der Waals surface area contributed by atoms with Gasteiger partial charge in [-0.25, -0.2) is 0 Å². The Labute approximate surface area is 97.0 Å². The molecule has 0 saturated carbocycles. The summed E-state index contributed by atoms with van der Waals surface area (Å²) in [6.07, 6.45) is 6.12. The highest BCUT2D eigenvalue weighted by molar-refractivity contribution is 5.25. The quantitative estimate of drug-likeness (QED) is 0.849. The normalized spacial score (nSPS) is 26.9. The largest absolute Gasteiger partial charge is 0.378 e. The summed E-state index contributed by atoms with van der Waals surface area (Å²) in [5, 5.41) is 0. The zero-order chi connectivity index (χ0) is 11.5. The van der Waals surface area contributed by atoms with Gasteiger partial charge < -0.3 is 10.5 Å². The number of aromatic nitrogens is 1. The van der Waals surface area contributed by atoms with Crippen LogP contribution in [0.4, 0.5) is 0 Å². The minimum atomic E-state index is 0.0566. The SMILES string of the molecule is CCC1OCCC1C(N)c1cnccc1C. The molecule has 1 fully saturated rings. The Morgan fingerprint density at radius 1 is 1.62 bits per heavy atom. The van der Waals surface area contributed by atoms with E-state index in [1.54, 1.807) is 0 Å². The van der Waals surface area contributed by atoms with E-state index in [-0.39, 0.29) is 6.04 Å². The first-order valence-electron chi connectivity index (χ1n) is 6.01. The standard InChI is InChI=1S/C13H20N2O/c1-3-12-10(5-7-16-12)13(14)11-8-15-6-4-9(11)2/h4,6,8,10,12-13H,3,5,7,14H2,1-2H3. The van der Waals surface area contributed by atoms with Gasteiger partial charge >= 0.3 is 0 Å². The van der Waals surface area contributed by atoms with E-state index in [9.17, 15) is 0 Å². The summed E-state index contributed by atoms with van der Waals surface area (Å²) in [5.41, 5.74) is 8.74. The lowest BCUT2D eigenvalue weighted by molar-refractivity contribution is 0.0812. The summed E-state index contributed by atoms with van der Waals surface area (Å²) in [6.45, 7) is 5.09. The highest BCUT2D eigenvalue weighted by atomic mass is 16.5. The molecule has 1 aromatic heterocycles. The first-order chi connectivity index (χ1) is 7.74. The third-order valence-electron chi connectivity index (χ3n) is 3.56. The topological polar surface area (TPSA) is 48.1 Å². The van der Waals surface area contributed by atoms with Crippen LogP contribution in [0.3, 0.4) is 0 Å². The summed E-state index contributed by atoms with van der Waals surface area (Å²) >= 11 is 0. The summed E-state index contributed by atoms with van der Waals surface area (Å²) in [7, 11) is 0. The lowest BCUT2D eigenvalue weighted by Crippen LogP contribution is -2.28. The second-order valence-electron chi connectivity index (χ2n) is 4.53. The molecule has 16 heavy (non-hydrogen) atoms. The van der Waals surface area contributed by atoms with Gasteiger partial charge in [-0.2, -0.15) is 0 Å². The van der Waals surface area contributed by atoms with Crippen LogP contribution in [0, 0.1) is 12.8 Å². The molecule has 2 heterocycles. The molecular formula is C13H20N2O. The maximum atomic E-state index is 6.35. The smallest absolute Gasteiger partial charge is 0.0619 e. The Morgan fingerprint density at radius 2 is 2.44 bits per heavy atom. The number of nitrogens with zero attached hydrogens (tertiary/aromatic N) is 1. The third kappa shape index (κ3) is 2.11. The monoisotopic (exact) mass is 220 g/mol. The van der Waals surface area contributed by atoms with Crippen molar-refractivity contribution < 1.29 is 4.74 Å². The minimum Gasteiger partial charge on any atom is -0.378 e. The number of nitrogens with two attached hydrogens (primary N) is 1. The molecule has 0 spiro atoms. The predicted octanol–water partition coefficient (Wildman–Crippen LogP) is 2.20. The van der Waals surface area contributed by atoms with Crippen molar-refractivity contribution in [3.63, 3.8) is 0 Å². The molecule has 0 aromatic carbocycles. The third-order valence-corrected chi connectivity index (χ3v) is 3.56. The van der Waals surface area contributed by atoms with Gasteiger partial charge in [-0.1, -0.05) is 6.92 Å². The average molecular weight is 220 g/mol. The van der Waals surface area contributed by atoms with Crippen LogP contribution in [0.5, 0.6) is 0 Å². The minimum absolute atomic E-state index is 0.0566. The molecular weight excluding hydrogens is 200 g/mol. The first-order valence-corrected chi connectivity index (χ1v) is 6.01. The molecule has 0 radical (unpaired) electrons. The van der Waals surface area contributed by atoms with Crippen molar-refractivity contribution in [1.29, 1.82) is 0 Å². The molecule has 88 valence electrons. The van der Waals surface area contributed by atoms with Crippen molar-refractivity contribution in [2.24, 2.45) is 11.7 Å². The molecule has 1 aromatic rings. The fourth-order valence-electron chi connectivity index (χ4n) is 2.55. The van der Waals surface area contributed by atoms with Gasteiger partial charge in [0.05, 0.1) is 6.10 Å². The Bertz CT molecular complexity index is 354. The van der Waals surface area contributed by atoms with Crippen molar-refractivity contribution in [1.82, 2.24) is 4.98 Å². The van der Waals surface area contributed by atoms with Crippen molar-refractivity contribution in [2.75, 3.05) is 6.61 Å². The molecule has 2 rings (SSSR count). The van der Waals surface area contributed by atoms with E-state index < -0.39 is 0 Å². The molecule has 3 unspecified atom stereocenters. The summed E-state index contributed by atoms with van der Waals surface area (Å²) in [4.78, 5) is 4.17. The van der Waals surface area contributed by atoms with Crippen molar-refractivity contribution >= 4 is 0 Å². The maximum absolute atomic E-state index is 6.35. The number of aryl methyl sites for hydroxylation is 1. The Morgan fingerprint density at radius 3 is 3.12 bits per heavy atom. The number of ether oxygens (including phenoxy) is 1. The first kappa shape index (κ1) is 11.6. The zero-order valence-corrected chi connectivity index (χ0v) is 10.0. The maximum Gasteiger partial charge on any atom is 0.0619 e. The van der Waals surface area contributed by atoms with Crippen LogP contribution in [0.1, 0.15) is 36.9 Å². The van der Waals surface area contributed by atoms with Crippen molar-refractivity contribution in [2.45, 2.75) is 38.8 Å². The van der Waals surface area contributed by atoms with E-state index in [1.807, 2.05) is 18.5 Å². The van der Waals surface area contributed by atoms with Crippen LogP contribution in [0.25, 0.3) is 0 Å². The summed E-state index contributed by atoms with van der Waals surface area (Å²) < 4.78 is 5.70. The molecule has 3 atom stereocenters. The Balaban J connectivity index is 2.18. The van der Waals surface area contributed by atoms with E-state index in [1.165, 1.54) is 5.56 Å². The molecule has 0 aliphatic carbocycles. The van der Waals surface area contributed by atoms with Gasteiger partial charge in [0, 0.05) is 31.0 Å². The number of rotatable bonds is 3. The zero-order valence-electron chi connectivity index (χ0n) is 10.0. The second kappa shape index (κ2) is 4.93.